The number of aromatic hydroxyl groups is 3. The molecule has 6 rings (SSSR count). The first-order valence-electron chi connectivity index (χ1n) is 16.0. The van der Waals surface area contributed by atoms with Crippen molar-refractivity contribution in [2.45, 2.75) is 42.4 Å². The van der Waals surface area contributed by atoms with E-state index in [9.17, 15) is 46.1 Å². The molecule has 5 aromatic rings. The van der Waals surface area contributed by atoms with Crippen LogP contribution in [0.25, 0.3) is 11.1 Å². The van der Waals surface area contributed by atoms with Gasteiger partial charge in [-0.15, -0.1) is 0 Å². The number of phenols is 3. The molecule has 6 N–H and O–H groups in total. The average molecular weight is 776 g/mol. The van der Waals surface area contributed by atoms with Gasteiger partial charge in [-0.1, -0.05) is 60.2 Å². The van der Waals surface area contributed by atoms with E-state index in [1.807, 2.05) is 18.2 Å². The Kier molecular flexibility index (Phi) is 10.3. The maximum absolute atomic E-state index is 12.6. The molecule has 8 bridgehead atoms. The number of phenolic OH excluding ortho intramolecular Hbond substituents is 3. The van der Waals surface area contributed by atoms with Crippen LogP contribution in [0, 0.1) is 6.92 Å². The van der Waals surface area contributed by atoms with E-state index in [0.717, 1.165) is 35.3 Å². The van der Waals surface area contributed by atoms with Gasteiger partial charge in [0.2, 0.25) is 0 Å². The number of hydrogen-bond donors (Lipinski definition) is 6. The van der Waals surface area contributed by atoms with E-state index in [4.69, 9.17) is 17.0 Å². The third kappa shape index (κ3) is 8.19. The number of benzene rings is 5. The molecule has 0 saturated heterocycles. The van der Waals surface area contributed by atoms with Gasteiger partial charge in [0.1, 0.15) is 23.0 Å². The highest BCUT2D eigenvalue weighted by Gasteiger charge is 2.25. The van der Waals surface area contributed by atoms with Crippen molar-refractivity contribution >= 4 is 43.9 Å². The number of carbonyl (C=O) groups excluding carboxylic acids is 1. The molecule has 5 aromatic carbocycles. The topological polar surface area (TPSA) is 208 Å². The number of amides is 1. The largest absolute Gasteiger partial charge is 0.507 e. The highest BCUT2D eigenvalue weighted by atomic mass is 32.2. The van der Waals surface area contributed by atoms with Gasteiger partial charge in [-0.2, -0.15) is 16.8 Å². The lowest BCUT2D eigenvalue weighted by Crippen LogP contribution is -2.27. The zero-order valence-corrected chi connectivity index (χ0v) is 30.5. The van der Waals surface area contributed by atoms with Crippen molar-refractivity contribution in [3.63, 3.8) is 0 Å². The Morgan fingerprint density at radius 3 is 1.45 bits per heavy atom. The Morgan fingerprint density at radius 1 is 0.660 bits per heavy atom. The van der Waals surface area contributed by atoms with Gasteiger partial charge in [-0.3, -0.25) is 13.9 Å². The van der Waals surface area contributed by atoms with Crippen LogP contribution in [0.3, 0.4) is 0 Å². The normalized spacial score (nSPS) is 12.9. The summed E-state index contributed by atoms with van der Waals surface area (Å²) in [6.07, 6.45) is -0.844. The lowest BCUT2D eigenvalue weighted by Gasteiger charge is -2.21. The molecule has 0 atom stereocenters. The summed E-state index contributed by atoms with van der Waals surface area (Å²) >= 11 is 4.74. The van der Waals surface area contributed by atoms with Gasteiger partial charge in [0.05, 0.1) is 15.3 Å². The fourth-order valence-electron chi connectivity index (χ4n) is 6.56. The third-order valence-electron chi connectivity index (χ3n) is 8.93. The minimum Gasteiger partial charge on any atom is -0.507 e. The van der Waals surface area contributed by atoms with Crippen molar-refractivity contribution in [3.05, 3.63) is 129 Å². The maximum Gasteiger partial charge on any atom is 0.294 e. The van der Waals surface area contributed by atoms with Gasteiger partial charge >= 0.3 is 0 Å². The second kappa shape index (κ2) is 14.6. The molecule has 12 nitrogen and oxygen atoms in total. The number of carbonyl (C=O) groups is 1. The molecule has 0 unspecified atom stereocenters. The Labute approximate surface area is 310 Å². The molecule has 0 heterocycles. The molecule has 0 spiro atoms. The summed E-state index contributed by atoms with van der Waals surface area (Å²) in [7, 11) is -9.60. The predicted octanol–water partition coefficient (Wildman–Crippen LogP) is 5.40. The summed E-state index contributed by atoms with van der Waals surface area (Å²) in [6, 6.07) is 20.2. The van der Waals surface area contributed by atoms with Crippen molar-refractivity contribution in [2.75, 3.05) is 6.61 Å². The van der Waals surface area contributed by atoms with Crippen molar-refractivity contribution in [1.29, 1.82) is 0 Å². The molecule has 1 aliphatic carbocycles. The molecule has 0 saturated carbocycles. The number of aryl methyl sites for hydroxylation is 1. The van der Waals surface area contributed by atoms with E-state index >= 15 is 0 Å². The summed E-state index contributed by atoms with van der Waals surface area (Å²) in [6.45, 7) is 1.19. The molecule has 0 aliphatic heterocycles. The molecular formula is C38H33NO11S3. The van der Waals surface area contributed by atoms with Crippen LogP contribution in [-0.4, -0.2) is 59.3 Å². The first kappa shape index (κ1) is 37.4. The zero-order valence-electron chi connectivity index (χ0n) is 28.0. The summed E-state index contributed by atoms with van der Waals surface area (Å²) in [5.41, 5.74) is 4.39. The van der Waals surface area contributed by atoms with E-state index in [1.165, 1.54) is 0 Å². The third-order valence-corrected chi connectivity index (χ3v) is 10.7. The summed E-state index contributed by atoms with van der Waals surface area (Å²) in [5.74, 6) is -1.42. The van der Waals surface area contributed by atoms with E-state index in [1.54, 1.807) is 43.3 Å². The van der Waals surface area contributed by atoms with Gasteiger partial charge in [-0.05, 0) is 76.7 Å². The fraction of sp³-hybridized carbons (Fsp3) is 0.158. The molecule has 1 amide bonds. The lowest BCUT2D eigenvalue weighted by molar-refractivity contribution is -0.121. The molecule has 53 heavy (non-hydrogen) atoms. The highest BCUT2D eigenvalue weighted by molar-refractivity contribution is 7.86. The molecule has 15 heteroatoms. The van der Waals surface area contributed by atoms with Crippen LogP contribution >= 0.6 is 12.2 Å². The monoisotopic (exact) mass is 775 g/mol. The Balaban J connectivity index is 1.71. The van der Waals surface area contributed by atoms with Crippen molar-refractivity contribution in [1.82, 2.24) is 5.32 Å². The molecule has 274 valence electrons. The van der Waals surface area contributed by atoms with Crippen LogP contribution < -0.4 is 10.1 Å². The molecular weight excluding hydrogens is 743 g/mol. The summed E-state index contributed by atoms with van der Waals surface area (Å²) < 4.78 is 76.6. The Hall–Kier alpha value is -5.32. The maximum atomic E-state index is 12.6. The number of rotatable bonds is 7. The first-order valence-corrected chi connectivity index (χ1v) is 19.4. The second-order valence-corrected chi connectivity index (χ2v) is 15.8. The molecule has 0 radical (unpaired) electrons. The van der Waals surface area contributed by atoms with E-state index in [-0.39, 0.29) is 82.1 Å². The van der Waals surface area contributed by atoms with Crippen LogP contribution in [0.1, 0.15) is 50.1 Å². The van der Waals surface area contributed by atoms with E-state index < -0.39 is 42.5 Å². The fourth-order valence-corrected chi connectivity index (χ4v) is 7.86. The lowest BCUT2D eigenvalue weighted by atomic mass is 9.89. The number of fused-ring (bicyclic) bond motifs is 8. The van der Waals surface area contributed by atoms with E-state index in [0.29, 0.717) is 22.3 Å². The van der Waals surface area contributed by atoms with Gasteiger partial charge in [0.15, 0.2) is 6.61 Å². The molecule has 0 aromatic heterocycles. The second-order valence-electron chi connectivity index (χ2n) is 12.7. The predicted molar refractivity (Wildman–Crippen MR) is 199 cm³/mol. The SMILES string of the molecule is Cc1cc2c(O)c(c1)Cc1cc(S(=O)(=O)O)cc(c1O)Cc1cc(-c3ccccc3)cc(c1OCC(=O)NC=S)Cc1cc(S(=O)(=O)O)cc(c1O)C2. The van der Waals surface area contributed by atoms with Gasteiger partial charge in [-0.25, -0.2) is 0 Å². The average Bonchev–Trinajstić information content (AvgIpc) is 3.08. The van der Waals surface area contributed by atoms with Gasteiger partial charge < -0.3 is 25.4 Å². The van der Waals surface area contributed by atoms with Crippen LogP contribution in [0.2, 0.25) is 0 Å². The quantitative estimate of drug-likeness (QED) is 0.0890. The summed E-state index contributed by atoms with van der Waals surface area (Å²) in [5, 5.41) is 37.2. The van der Waals surface area contributed by atoms with Crippen LogP contribution in [0.15, 0.2) is 88.7 Å². The van der Waals surface area contributed by atoms with Crippen molar-refractivity contribution in [2.24, 2.45) is 0 Å². The first-order chi connectivity index (χ1) is 25.0. The minimum atomic E-state index is -4.80. The smallest absolute Gasteiger partial charge is 0.294 e. The Morgan fingerprint density at radius 2 is 1.06 bits per heavy atom. The molecule has 1 aliphatic rings. The van der Waals surface area contributed by atoms with Crippen LogP contribution in [0.4, 0.5) is 0 Å². The van der Waals surface area contributed by atoms with Crippen molar-refractivity contribution < 1.29 is 50.8 Å². The standard InChI is InChI=1S/C38H33NO11S3/c1-21-7-24-11-26-15-32(52(44,45)46)17-28(36(26)42)13-30-9-23(22-5-3-2-4-6-22)10-31(38(30)50-19-34(40)39-20-51)14-29-18-33(53(47,48)49)16-27(37(29)43)12-25(8-21)35(24)41/h2-10,15-18,20,41-43H,11-14,19H2,1H3,(H,39,40,51)(H,44,45,46)(H,47,48,49). The Bertz CT molecular complexity index is 2380. The molecule has 0 fully saturated rings. The van der Waals surface area contributed by atoms with Crippen molar-refractivity contribution in [3.8, 4) is 34.1 Å². The van der Waals surface area contributed by atoms with Crippen LogP contribution in [0.5, 0.6) is 23.0 Å². The number of ether oxygens (including phenoxy) is 1. The number of hydrogen-bond acceptors (Lipinski definition) is 10. The minimum absolute atomic E-state index is 0.0508. The van der Waals surface area contributed by atoms with Gasteiger partial charge in [0, 0.05) is 47.9 Å². The van der Waals surface area contributed by atoms with Gasteiger partial charge in [0.25, 0.3) is 26.1 Å². The van der Waals surface area contributed by atoms with E-state index in [2.05, 4.69) is 5.32 Å². The highest BCUT2D eigenvalue weighted by Crippen LogP contribution is 2.41. The zero-order chi connectivity index (χ0) is 38.2. The van der Waals surface area contributed by atoms with Crippen LogP contribution in [-0.2, 0) is 50.7 Å². The number of nitrogens with one attached hydrogen (secondary N) is 1. The summed E-state index contributed by atoms with van der Waals surface area (Å²) in [4.78, 5) is 11.6. The number of thiocarbonyl (C=S) groups is 1.